The van der Waals surface area contributed by atoms with Gasteiger partial charge in [0.15, 0.2) is 9.84 Å². The molecule has 0 spiro atoms. The average Bonchev–Trinajstić information content (AvgIpc) is 3.00. The number of hydrogen-bond donors (Lipinski definition) is 0. The van der Waals surface area contributed by atoms with Crippen LogP contribution in [0, 0.1) is 12.7 Å². The number of hydrogen-bond acceptors (Lipinski definition) is 4. The number of sulfone groups is 1. The van der Waals surface area contributed by atoms with Gasteiger partial charge in [0.2, 0.25) is 0 Å². The molecule has 0 bridgehead atoms. The van der Waals surface area contributed by atoms with Crippen LogP contribution in [0.4, 0.5) is 4.39 Å². The van der Waals surface area contributed by atoms with Crippen LogP contribution in [0.3, 0.4) is 0 Å². The maximum absolute atomic E-state index is 13.4. The van der Waals surface area contributed by atoms with Gasteiger partial charge in [-0.15, -0.1) is 0 Å². The highest BCUT2D eigenvalue weighted by Crippen LogP contribution is 2.35. The molecule has 0 saturated carbocycles. The first kappa shape index (κ1) is 17.4. The molecule has 0 aliphatic carbocycles. The topological polar surface area (TPSA) is 64.3 Å². The second-order valence-electron chi connectivity index (χ2n) is 6.36. The lowest BCUT2D eigenvalue weighted by Crippen LogP contribution is -1.99. The largest absolute Gasteiger partial charge is 0.251 e. The van der Waals surface area contributed by atoms with Crippen LogP contribution in [0.15, 0.2) is 65.7 Å². The normalized spacial score (nSPS) is 11.8. The van der Waals surface area contributed by atoms with Gasteiger partial charge in [0, 0.05) is 23.7 Å². The first-order valence-corrected chi connectivity index (χ1v) is 10.1. The molecule has 0 aliphatic rings. The van der Waals surface area contributed by atoms with E-state index in [1.54, 1.807) is 24.3 Å². The third kappa shape index (κ3) is 3.21. The first-order valence-electron chi connectivity index (χ1n) is 8.25. The molecule has 0 radical (unpaired) electrons. The molecule has 0 fully saturated rings. The van der Waals surface area contributed by atoms with Crippen molar-refractivity contribution in [2.75, 3.05) is 6.26 Å². The van der Waals surface area contributed by atoms with Crippen LogP contribution < -0.4 is 0 Å². The molecule has 3 aromatic heterocycles. The van der Waals surface area contributed by atoms with Gasteiger partial charge in [0.05, 0.1) is 16.1 Å². The third-order valence-electron chi connectivity index (χ3n) is 4.29. The SMILES string of the molecule is Cc1cccc(-c2nn3cc(S(C)(=O)=O)ccc3c2-c2ccc(F)cc2)n1. The standard InChI is InChI=1S/C20H16FN3O2S/c1-13-4-3-5-17(22-13)20-19(14-6-8-15(21)9-7-14)18-11-10-16(27(2,25)26)12-24(18)23-20/h3-12H,1-2H3. The van der Waals surface area contributed by atoms with E-state index in [0.717, 1.165) is 23.1 Å². The first-order chi connectivity index (χ1) is 12.8. The zero-order valence-electron chi connectivity index (χ0n) is 14.7. The van der Waals surface area contributed by atoms with Crippen molar-refractivity contribution in [1.29, 1.82) is 0 Å². The van der Waals surface area contributed by atoms with Crippen LogP contribution in [0.5, 0.6) is 0 Å². The minimum absolute atomic E-state index is 0.173. The number of rotatable bonds is 3. The molecule has 27 heavy (non-hydrogen) atoms. The predicted octanol–water partition coefficient (Wildman–Crippen LogP) is 3.91. The quantitative estimate of drug-likeness (QED) is 0.540. The molecule has 0 atom stereocenters. The Labute approximate surface area is 156 Å². The summed E-state index contributed by atoms with van der Waals surface area (Å²) in [4.78, 5) is 4.72. The number of halogens is 1. The summed E-state index contributed by atoms with van der Waals surface area (Å²) in [6.07, 6.45) is 2.64. The fourth-order valence-electron chi connectivity index (χ4n) is 3.00. The van der Waals surface area contributed by atoms with Gasteiger partial charge in [-0.1, -0.05) is 18.2 Å². The van der Waals surface area contributed by atoms with Crippen molar-refractivity contribution in [1.82, 2.24) is 14.6 Å². The molecular formula is C20H16FN3O2S. The fraction of sp³-hybridized carbons (Fsp3) is 0.100. The van der Waals surface area contributed by atoms with Crippen molar-refractivity contribution >= 4 is 15.4 Å². The number of aryl methyl sites for hydroxylation is 1. The molecule has 4 aromatic rings. The summed E-state index contributed by atoms with van der Waals surface area (Å²) >= 11 is 0. The van der Waals surface area contributed by atoms with Crippen LogP contribution in [0.25, 0.3) is 28.0 Å². The number of nitrogens with zero attached hydrogens (tertiary/aromatic N) is 3. The fourth-order valence-corrected chi connectivity index (χ4v) is 3.61. The van der Waals surface area contributed by atoms with Gasteiger partial charge in [0.25, 0.3) is 0 Å². The van der Waals surface area contributed by atoms with E-state index in [1.165, 1.54) is 22.8 Å². The molecule has 0 aliphatic heterocycles. The van der Waals surface area contributed by atoms with E-state index in [4.69, 9.17) is 0 Å². The average molecular weight is 381 g/mol. The molecule has 0 N–H and O–H groups in total. The van der Waals surface area contributed by atoms with Crippen LogP contribution in [-0.2, 0) is 9.84 Å². The molecule has 7 heteroatoms. The van der Waals surface area contributed by atoms with Crippen LogP contribution in [0.2, 0.25) is 0 Å². The summed E-state index contributed by atoms with van der Waals surface area (Å²) in [6.45, 7) is 1.89. The lowest BCUT2D eigenvalue weighted by Gasteiger charge is -2.05. The number of aromatic nitrogens is 3. The summed E-state index contributed by atoms with van der Waals surface area (Å²) < 4.78 is 38.7. The maximum atomic E-state index is 13.4. The maximum Gasteiger partial charge on any atom is 0.177 e. The van der Waals surface area contributed by atoms with E-state index >= 15 is 0 Å². The monoisotopic (exact) mass is 381 g/mol. The third-order valence-corrected chi connectivity index (χ3v) is 5.39. The lowest BCUT2D eigenvalue weighted by atomic mass is 10.0. The van der Waals surface area contributed by atoms with Crippen molar-refractivity contribution in [3.05, 3.63) is 72.3 Å². The molecule has 4 rings (SSSR count). The van der Waals surface area contributed by atoms with Crippen molar-refractivity contribution in [2.24, 2.45) is 0 Å². The van der Waals surface area contributed by atoms with Crippen molar-refractivity contribution in [3.63, 3.8) is 0 Å². The summed E-state index contributed by atoms with van der Waals surface area (Å²) in [5.74, 6) is -0.329. The molecule has 3 heterocycles. The van der Waals surface area contributed by atoms with Crippen molar-refractivity contribution < 1.29 is 12.8 Å². The van der Waals surface area contributed by atoms with Crippen LogP contribution >= 0.6 is 0 Å². The van der Waals surface area contributed by atoms with E-state index in [2.05, 4.69) is 10.1 Å². The van der Waals surface area contributed by atoms with E-state index in [0.29, 0.717) is 16.9 Å². The summed E-state index contributed by atoms with van der Waals surface area (Å²) in [5.41, 5.74) is 4.37. The van der Waals surface area contributed by atoms with Gasteiger partial charge in [0.1, 0.15) is 11.5 Å². The zero-order chi connectivity index (χ0) is 19.2. The molecule has 1 aromatic carbocycles. The van der Waals surface area contributed by atoms with Crippen molar-refractivity contribution in [2.45, 2.75) is 11.8 Å². The summed E-state index contributed by atoms with van der Waals surface area (Å²) in [5, 5.41) is 4.59. The highest BCUT2D eigenvalue weighted by atomic mass is 32.2. The van der Waals surface area contributed by atoms with Gasteiger partial charge in [-0.25, -0.2) is 17.3 Å². The minimum atomic E-state index is -3.37. The number of benzene rings is 1. The highest BCUT2D eigenvalue weighted by Gasteiger charge is 2.19. The molecule has 0 amide bonds. The second kappa shape index (κ2) is 6.28. The Balaban J connectivity index is 2.05. The Hall–Kier alpha value is -3.06. The van der Waals surface area contributed by atoms with Crippen LogP contribution in [0.1, 0.15) is 5.69 Å². The van der Waals surface area contributed by atoms with Gasteiger partial charge in [-0.05, 0) is 48.9 Å². The second-order valence-corrected chi connectivity index (χ2v) is 8.38. The van der Waals surface area contributed by atoms with E-state index in [1.807, 2.05) is 25.1 Å². The Morgan fingerprint density at radius 2 is 1.74 bits per heavy atom. The lowest BCUT2D eigenvalue weighted by molar-refractivity contribution is 0.601. The number of pyridine rings is 2. The molecule has 136 valence electrons. The minimum Gasteiger partial charge on any atom is -0.251 e. The molecule has 5 nitrogen and oxygen atoms in total. The highest BCUT2D eigenvalue weighted by molar-refractivity contribution is 7.90. The van der Waals surface area contributed by atoms with Crippen molar-refractivity contribution in [3.8, 4) is 22.5 Å². The van der Waals surface area contributed by atoms with Gasteiger partial charge < -0.3 is 0 Å². The smallest absolute Gasteiger partial charge is 0.177 e. The van der Waals surface area contributed by atoms with Gasteiger partial charge in [-0.2, -0.15) is 5.10 Å². The van der Waals surface area contributed by atoms with E-state index < -0.39 is 9.84 Å². The zero-order valence-corrected chi connectivity index (χ0v) is 15.5. The number of fused-ring (bicyclic) bond motifs is 1. The predicted molar refractivity (Wildman–Crippen MR) is 102 cm³/mol. The summed E-state index contributed by atoms with van der Waals surface area (Å²) in [7, 11) is -3.37. The van der Waals surface area contributed by atoms with Gasteiger partial charge in [-0.3, -0.25) is 4.98 Å². The Bertz CT molecular complexity index is 1260. The summed E-state index contributed by atoms with van der Waals surface area (Å²) in [6, 6.07) is 15.0. The van der Waals surface area contributed by atoms with Gasteiger partial charge >= 0.3 is 0 Å². The molecular weight excluding hydrogens is 365 g/mol. The van der Waals surface area contributed by atoms with E-state index in [9.17, 15) is 12.8 Å². The Morgan fingerprint density at radius 3 is 2.41 bits per heavy atom. The van der Waals surface area contributed by atoms with E-state index in [-0.39, 0.29) is 10.7 Å². The Morgan fingerprint density at radius 1 is 1.00 bits per heavy atom. The molecule has 0 unspecified atom stereocenters. The Kier molecular flexibility index (Phi) is 4.04. The molecule has 0 saturated heterocycles. The van der Waals surface area contributed by atoms with Crippen LogP contribution in [-0.4, -0.2) is 29.3 Å².